The van der Waals surface area contributed by atoms with Gasteiger partial charge in [0, 0.05) is 11.3 Å². The highest BCUT2D eigenvalue weighted by Crippen LogP contribution is 2.25. The van der Waals surface area contributed by atoms with Crippen LogP contribution in [0.25, 0.3) is 0 Å². The average molecular weight is 406 g/mol. The van der Waals surface area contributed by atoms with Crippen LogP contribution in [-0.4, -0.2) is 30.8 Å². The fraction of sp³-hybridized carbons (Fsp3) is 0.400. The third kappa shape index (κ3) is 5.17. The molecule has 2 aromatic rings. The number of nitrogens with one attached hydrogen (secondary N) is 1. The molecule has 136 valence electrons. The van der Waals surface area contributed by atoms with Crippen LogP contribution in [0.3, 0.4) is 0 Å². The van der Waals surface area contributed by atoms with Gasteiger partial charge in [-0.1, -0.05) is 42.1 Å². The lowest BCUT2D eigenvalue weighted by Crippen LogP contribution is -2.30. The molecule has 1 aromatic heterocycles. The molecule has 0 aliphatic rings. The van der Waals surface area contributed by atoms with E-state index in [-0.39, 0.29) is 22.4 Å². The van der Waals surface area contributed by atoms with Crippen LogP contribution in [0.1, 0.15) is 42.6 Å². The van der Waals surface area contributed by atoms with Gasteiger partial charge in [-0.25, -0.2) is 8.42 Å². The molecule has 0 bridgehead atoms. The van der Waals surface area contributed by atoms with Crippen LogP contribution in [0.15, 0.2) is 27.8 Å². The van der Waals surface area contributed by atoms with Gasteiger partial charge in [-0.3, -0.25) is 4.79 Å². The number of halogens is 2. The van der Waals surface area contributed by atoms with E-state index in [2.05, 4.69) is 15.5 Å². The number of hydrogen-bond acceptors (Lipinski definition) is 6. The first-order chi connectivity index (χ1) is 11.6. The van der Waals surface area contributed by atoms with Gasteiger partial charge in [0.05, 0.1) is 10.6 Å². The number of nitrogens with zero attached hydrogens (tertiary/aromatic N) is 2. The summed E-state index contributed by atoms with van der Waals surface area (Å²) in [7, 11) is -3.62. The maximum Gasteiger partial charge on any atom is 0.335 e. The van der Waals surface area contributed by atoms with Crippen LogP contribution >= 0.6 is 23.2 Å². The minimum Gasteiger partial charge on any atom is -0.410 e. The summed E-state index contributed by atoms with van der Waals surface area (Å²) < 4.78 is 28.2. The molecular weight excluding hydrogens is 389 g/mol. The molecule has 25 heavy (non-hydrogen) atoms. The highest BCUT2D eigenvalue weighted by molar-refractivity contribution is 7.90. The van der Waals surface area contributed by atoms with E-state index in [1.807, 2.05) is 13.8 Å². The van der Waals surface area contributed by atoms with E-state index in [1.54, 1.807) is 6.07 Å². The molecule has 1 aromatic carbocycles. The Balaban J connectivity index is 2.28. The van der Waals surface area contributed by atoms with Gasteiger partial charge in [0.1, 0.15) is 6.04 Å². The van der Waals surface area contributed by atoms with Crippen LogP contribution < -0.4 is 5.32 Å². The molecule has 0 fully saturated rings. The number of aromatic nitrogens is 2. The highest BCUT2D eigenvalue weighted by atomic mass is 35.5. The molecule has 1 heterocycles. The van der Waals surface area contributed by atoms with Gasteiger partial charge < -0.3 is 9.73 Å². The zero-order valence-electron chi connectivity index (χ0n) is 13.8. The van der Waals surface area contributed by atoms with Crippen molar-refractivity contribution in [3.8, 4) is 0 Å². The third-order valence-electron chi connectivity index (χ3n) is 3.23. The molecule has 10 heteroatoms. The topological polar surface area (TPSA) is 102 Å². The maximum absolute atomic E-state index is 12.5. The van der Waals surface area contributed by atoms with Gasteiger partial charge in [0.2, 0.25) is 15.7 Å². The largest absolute Gasteiger partial charge is 0.410 e. The summed E-state index contributed by atoms with van der Waals surface area (Å²) in [6, 6.07) is 3.86. The summed E-state index contributed by atoms with van der Waals surface area (Å²) in [5.41, 5.74) is 0.239. The summed E-state index contributed by atoms with van der Waals surface area (Å²) in [5, 5.41) is 10.2. The number of sulfone groups is 1. The SMILES string of the molecule is CC(C)C[C@H](NC(=O)c1ccc(Cl)cc1Cl)c1nnc(S(C)(=O)=O)o1. The Morgan fingerprint density at radius 2 is 1.96 bits per heavy atom. The van der Waals surface area contributed by atoms with Gasteiger partial charge in [-0.05, 0) is 30.5 Å². The Morgan fingerprint density at radius 1 is 1.28 bits per heavy atom. The Kier molecular flexibility index (Phi) is 6.08. The highest BCUT2D eigenvalue weighted by Gasteiger charge is 2.26. The summed E-state index contributed by atoms with van der Waals surface area (Å²) in [4.78, 5) is 12.5. The molecule has 0 saturated heterocycles. The van der Waals surface area contributed by atoms with Gasteiger partial charge in [-0.15, -0.1) is 5.10 Å². The molecule has 7 nitrogen and oxygen atoms in total. The third-order valence-corrected chi connectivity index (χ3v) is 4.57. The second-order valence-corrected chi connectivity index (χ2v) is 8.70. The predicted octanol–water partition coefficient (Wildman–Crippen LogP) is 3.30. The Hall–Kier alpha value is -1.64. The van der Waals surface area contributed by atoms with Crippen LogP contribution in [0.4, 0.5) is 0 Å². The molecule has 0 saturated carbocycles. The van der Waals surface area contributed by atoms with Crippen LogP contribution in [0.5, 0.6) is 0 Å². The average Bonchev–Trinajstić information content (AvgIpc) is 2.95. The fourth-order valence-corrected chi connectivity index (χ4v) is 3.03. The number of benzene rings is 1. The number of amides is 1. The van der Waals surface area contributed by atoms with Gasteiger partial charge in [-0.2, -0.15) is 0 Å². The lowest BCUT2D eigenvalue weighted by atomic mass is 10.0. The molecule has 0 unspecified atom stereocenters. The van der Waals surface area contributed by atoms with Crippen molar-refractivity contribution in [2.24, 2.45) is 5.92 Å². The molecule has 1 amide bonds. The summed E-state index contributed by atoms with van der Waals surface area (Å²) >= 11 is 11.9. The second-order valence-electron chi connectivity index (χ2n) is 5.96. The van der Waals surface area contributed by atoms with E-state index in [0.717, 1.165) is 6.26 Å². The summed E-state index contributed by atoms with van der Waals surface area (Å²) in [6.45, 7) is 3.89. The van der Waals surface area contributed by atoms with E-state index in [1.165, 1.54) is 12.1 Å². The van der Waals surface area contributed by atoms with Crippen LogP contribution in [0.2, 0.25) is 10.0 Å². The molecular formula is C15H17Cl2N3O4S. The predicted molar refractivity (Wildman–Crippen MR) is 93.5 cm³/mol. The van der Waals surface area contributed by atoms with Crippen molar-refractivity contribution in [2.45, 2.75) is 31.5 Å². The fourth-order valence-electron chi connectivity index (χ4n) is 2.11. The summed E-state index contributed by atoms with van der Waals surface area (Å²) in [5.74, 6) is -0.251. The number of rotatable bonds is 6. The van der Waals surface area contributed by atoms with Crippen LogP contribution in [0, 0.1) is 5.92 Å². The van der Waals surface area contributed by atoms with E-state index in [9.17, 15) is 13.2 Å². The van der Waals surface area contributed by atoms with Gasteiger partial charge in [0.15, 0.2) is 0 Å². The number of carbonyl (C=O) groups is 1. The Morgan fingerprint density at radius 3 is 2.48 bits per heavy atom. The zero-order chi connectivity index (χ0) is 18.8. The Labute approximate surface area is 155 Å². The molecule has 0 aliphatic carbocycles. The van der Waals surface area contributed by atoms with Crippen molar-refractivity contribution in [1.82, 2.24) is 15.5 Å². The van der Waals surface area contributed by atoms with E-state index in [0.29, 0.717) is 11.4 Å². The molecule has 1 atom stereocenters. The quantitative estimate of drug-likeness (QED) is 0.790. The van der Waals surface area contributed by atoms with E-state index >= 15 is 0 Å². The van der Waals surface area contributed by atoms with E-state index < -0.39 is 27.0 Å². The lowest BCUT2D eigenvalue weighted by molar-refractivity contribution is 0.0923. The number of carbonyl (C=O) groups excluding carboxylic acids is 1. The van der Waals surface area contributed by atoms with Crippen molar-refractivity contribution in [3.05, 3.63) is 39.7 Å². The molecule has 0 aliphatic heterocycles. The van der Waals surface area contributed by atoms with Crippen molar-refractivity contribution >= 4 is 38.9 Å². The van der Waals surface area contributed by atoms with Crippen LogP contribution in [-0.2, 0) is 9.84 Å². The zero-order valence-corrected chi connectivity index (χ0v) is 16.1. The second kappa shape index (κ2) is 7.72. The van der Waals surface area contributed by atoms with E-state index in [4.69, 9.17) is 27.6 Å². The Bertz CT molecular complexity index is 881. The molecule has 1 N–H and O–H groups in total. The minimum absolute atomic E-state index is 0.0209. The first kappa shape index (κ1) is 19.7. The van der Waals surface area contributed by atoms with Gasteiger partial charge >= 0.3 is 5.22 Å². The first-order valence-electron chi connectivity index (χ1n) is 7.37. The minimum atomic E-state index is -3.62. The normalized spacial score (nSPS) is 13.0. The standard InChI is InChI=1S/C15H17Cl2N3O4S/c1-8(2)6-12(14-19-20-15(24-14)25(3,22)23)18-13(21)10-5-4-9(16)7-11(10)17/h4-5,7-8,12H,6H2,1-3H3,(H,18,21)/t12-/m0/s1. The molecule has 0 radical (unpaired) electrons. The lowest BCUT2D eigenvalue weighted by Gasteiger charge is -2.17. The van der Waals surface area contributed by atoms with Crippen molar-refractivity contribution in [2.75, 3.05) is 6.26 Å². The molecule has 0 spiro atoms. The van der Waals surface area contributed by atoms with Crippen molar-refractivity contribution in [3.63, 3.8) is 0 Å². The molecule has 2 rings (SSSR count). The monoisotopic (exact) mass is 405 g/mol. The van der Waals surface area contributed by atoms with Gasteiger partial charge in [0.25, 0.3) is 5.91 Å². The van der Waals surface area contributed by atoms with Crippen molar-refractivity contribution in [1.29, 1.82) is 0 Å². The van der Waals surface area contributed by atoms with Crippen molar-refractivity contribution < 1.29 is 17.6 Å². The maximum atomic E-state index is 12.5. The number of hydrogen-bond donors (Lipinski definition) is 1. The summed E-state index contributed by atoms with van der Waals surface area (Å²) in [6.07, 6.45) is 1.44. The smallest absolute Gasteiger partial charge is 0.335 e. The first-order valence-corrected chi connectivity index (χ1v) is 10.0.